The van der Waals surface area contributed by atoms with Crippen LogP contribution in [0.3, 0.4) is 0 Å². The molecule has 0 aromatic carbocycles. The highest BCUT2D eigenvalue weighted by atomic mass is 15.0. The Morgan fingerprint density at radius 3 is 3.09 bits per heavy atom. The second kappa shape index (κ2) is 1.59. The van der Waals surface area contributed by atoms with Crippen molar-refractivity contribution >= 4 is 10.9 Å². The highest BCUT2D eigenvalue weighted by Crippen LogP contribution is 2.17. The van der Waals surface area contributed by atoms with E-state index in [0.717, 1.165) is 12.1 Å². The Hall–Kier alpha value is -1.44. The summed E-state index contributed by atoms with van der Waals surface area (Å²) in [5.74, 6) is 0. The van der Waals surface area contributed by atoms with E-state index < -0.39 is 0 Å². The number of nitrogens with zero attached hydrogens (tertiary/aromatic N) is 2. The molecule has 0 saturated heterocycles. The first kappa shape index (κ1) is 5.24. The van der Waals surface area contributed by atoms with Crippen LogP contribution >= 0.6 is 0 Å². The van der Waals surface area contributed by atoms with Crippen LogP contribution in [0.25, 0.3) is 10.9 Å². The molecule has 0 fully saturated rings. The van der Waals surface area contributed by atoms with Crippen LogP contribution in [0.15, 0.2) is 30.7 Å². The van der Waals surface area contributed by atoms with Crippen LogP contribution in [-0.2, 0) is 6.54 Å². The van der Waals surface area contributed by atoms with Crippen LogP contribution < -0.4 is 4.57 Å². The molecule has 0 radical (unpaired) electrons. The zero-order valence-electron chi connectivity index (χ0n) is 5.99. The van der Waals surface area contributed by atoms with E-state index in [9.17, 15) is 0 Å². The van der Waals surface area contributed by atoms with Crippen molar-refractivity contribution in [2.75, 3.05) is 0 Å². The van der Waals surface area contributed by atoms with Crippen LogP contribution in [0, 0.1) is 0 Å². The van der Waals surface area contributed by atoms with Crippen molar-refractivity contribution in [3.8, 4) is 0 Å². The van der Waals surface area contributed by atoms with Crippen molar-refractivity contribution in [3.05, 3.63) is 36.3 Å². The van der Waals surface area contributed by atoms with Gasteiger partial charge in [-0.15, -0.1) is 0 Å². The predicted molar refractivity (Wildman–Crippen MR) is 41.0 cm³/mol. The third kappa shape index (κ3) is 0.564. The predicted octanol–water partition coefficient (Wildman–Crippen LogP) is 0.884. The fraction of sp³-hybridized carbons (Fsp3) is 0.111. The Balaban J connectivity index is 2.67. The first-order valence-electron chi connectivity index (χ1n) is 3.70. The minimum absolute atomic E-state index is 1.02. The van der Waals surface area contributed by atoms with Gasteiger partial charge in [0.15, 0.2) is 18.9 Å². The van der Waals surface area contributed by atoms with Crippen molar-refractivity contribution in [1.82, 2.24) is 4.98 Å². The number of hydrogen-bond donors (Lipinski definition) is 0. The monoisotopic (exact) mass is 143 g/mol. The Kier molecular flexibility index (Phi) is 0.756. The maximum atomic E-state index is 4.26. The van der Waals surface area contributed by atoms with Crippen molar-refractivity contribution in [2.45, 2.75) is 6.54 Å². The zero-order valence-corrected chi connectivity index (χ0v) is 5.99. The summed E-state index contributed by atoms with van der Waals surface area (Å²) in [7, 11) is 0. The van der Waals surface area contributed by atoms with Crippen LogP contribution in [0.2, 0.25) is 0 Å². The minimum atomic E-state index is 1.02. The van der Waals surface area contributed by atoms with Gasteiger partial charge in [-0.3, -0.25) is 0 Å². The topological polar surface area (TPSA) is 16.8 Å². The molecule has 0 saturated carbocycles. The normalized spacial score (nSPS) is 13.1. The molecule has 0 N–H and O–H groups in total. The minimum Gasteiger partial charge on any atom is -0.250 e. The molecule has 4 rings (SSSR count). The third-order valence-corrected chi connectivity index (χ3v) is 2.18. The van der Waals surface area contributed by atoms with Gasteiger partial charge in [0, 0.05) is 23.2 Å². The Morgan fingerprint density at radius 1 is 1.36 bits per heavy atom. The summed E-state index contributed by atoms with van der Waals surface area (Å²) in [6.07, 6.45) is 6.06. The van der Waals surface area contributed by atoms with Gasteiger partial charge in [-0.25, -0.2) is 4.98 Å². The van der Waals surface area contributed by atoms with E-state index in [0.29, 0.717) is 0 Å². The molecule has 2 heteroatoms. The molecule has 0 aliphatic carbocycles. The maximum absolute atomic E-state index is 4.26. The molecular formula is C9H7N2+. The van der Waals surface area contributed by atoms with Gasteiger partial charge < -0.3 is 0 Å². The van der Waals surface area contributed by atoms with Crippen molar-refractivity contribution in [1.29, 1.82) is 0 Å². The van der Waals surface area contributed by atoms with Crippen molar-refractivity contribution < 1.29 is 4.57 Å². The summed E-state index contributed by atoms with van der Waals surface area (Å²) in [5.41, 5.74) is 2.50. The largest absolute Gasteiger partial charge is 0.250 e. The fourth-order valence-corrected chi connectivity index (χ4v) is 1.63. The van der Waals surface area contributed by atoms with Crippen molar-refractivity contribution in [3.63, 3.8) is 0 Å². The van der Waals surface area contributed by atoms with Gasteiger partial charge in [0.25, 0.3) is 0 Å². The lowest BCUT2D eigenvalue weighted by Crippen LogP contribution is -2.36. The Labute approximate surface area is 64.1 Å². The van der Waals surface area contributed by atoms with Gasteiger partial charge in [-0.2, -0.15) is 4.57 Å². The van der Waals surface area contributed by atoms with Crippen LogP contribution in [0.5, 0.6) is 0 Å². The van der Waals surface area contributed by atoms with E-state index in [1.807, 2.05) is 6.20 Å². The molecule has 2 aromatic heterocycles. The molecule has 2 aromatic rings. The average molecular weight is 143 g/mol. The zero-order chi connectivity index (χ0) is 7.26. The molecular weight excluding hydrogens is 136 g/mol. The molecule has 4 bridgehead atoms. The standard InChI is InChI=1S/C9H7N2/c1-3-10-9-6-11-4-2-8(9)7(1)5-11/h1-4,6H,5H2/q+1. The van der Waals surface area contributed by atoms with E-state index in [4.69, 9.17) is 0 Å². The van der Waals surface area contributed by atoms with E-state index in [2.05, 4.69) is 34.1 Å². The summed E-state index contributed by atoms with van der Waals surface area (Å²) < 4.78 is 2.16. The summed E-state index contributed by atoms with van der Waals surface area (Å²) in [6, 6.07) is 4.21. The number of pyridine rings is 2. The van der Waals surface area contributed by atoms with Gasteiger partial charge in [-0.1, -0.05) is 0 Å². The molecule has 2 aliphatic heterocycles. The van der Waals surface area contributed by atoms with E-state index in [-0.39, 0.29) is 0 Å². The third-order valence-electron chi connectivity index (χ3n) is 2.18. The van der Waals surface area contributed by atoms with Gasteiger partial charge in [0.1, 0.15) is 5.52 Å². The molecule has 0 unspecified atom stereocenters. The maximum Gasteiger partial charge on any atom is 0.195 e. The molecule has 2 aliphatic rings. The fourth-order valence-electron chi connectivity index (χ4n) is 1.63. The molecule has 4 heterocycles. The Morgan fingerprint density at radius 2 is 2.36 bits per heavy atom. The van der Waals surface area contributed by atoms with E-state index >= 15 is 0 Å². The molecule has 52 valence electrons. The van der Waals surface area contributed by atoms with Crippen molar-refractivity contribution in [2.24, 2.45) is 0 Å². The quantitative estimate of drug-likeness (QED) is 0.427. The first-order chi connectivity index (χ1) is 5.43. The second-order valence-corrected chi connectivity index (χ2v) is 2.89. The molecule has 0 spiro atoms. The van der Waals surface area contributed by atoms with Gasteiger partial charge >= 0.3 is 0 Å². The number of aromatic nitrogens is 2. The van der Waals surface area contributed by atoms with E-state index in [1.54, 1.807) is 0 Å². The molecule has 0 amide bonds. The van der Waals surface area contributed by atoms with Crippen LogP contribution in [-0.4, -0.2) is 4.98 Å². The highest BCUT2D eigenvalue weighted by molar-refractivity contribution is 5.80. The van der Waals surface area contributed by atoms with Gasteiger partial charge in [0.05, 0.1) is 0 Å². The lowest BCUT2D eigenvalue weighted by Gasteiger charge is -2.08. The molecule has 0 atom stereocenters. The average Bonchev–Trinajstić information content (AvgIpc) is 2.05. The summed E-state index contributed by atoms with van der Waals surface area (Å²) in [4.78, 5) is 4.26. The summed E-state index contributed by atoms with van der Waals surface area (Å²) in [6.45, 7) is 1.02. The van der Waals surface area contributed by atoms with Crippen LogP contribution in [0.1, 0.15) is 5.56 Å². The molecule has 11 heavy (non-hydrogen) atoms. The lowest BCUT2D eigenvalue weighted by molar-refractivity contribution is -0.688. The van der Waals surface area contributed by atoms with Gasteiger partial charge in [0.2, 0.25) is 0 Å². The van der Waals surface area contributed by atoms with E-state index in [1.165, 1.54) is 10.9 Å². The van der Waals surface area contributed by atoms with Gasteiger partial charge in [-0.05, 0) is 6.07 Å². The first-order valence-corrected chi connectivity index (χ1v) is 3.70. The summed E-state index contributed by atoms with van der Waals surface area (Å²) >= 11 is 0. The van der Waals surface area contributed by atoms with Crippen LogP contribution in [0.4, 0.5) is 0 Å². The lowest BCUT2D eigenvalue weighted by atomic mass is 10.1. The number of hydrogen-bond acceptors (Lipinski definition) is 1. The molecule has 2 nitrogen and oxygen atoms in total. The highest BCUT2D eigenvalue weighted by Gasteiger charge is 2.15. The SMILES string of the molecule is c1cc2c3cc[n+](cc3n1)C2. The summed E-state index contributed by atoms with van der Waals surface area (Å²) in [5, 5.41) is 1.30. The smallest absolute Gasteiger partial charge is 0.195 e. The number of rotatable bonds is 0. The Bertz CT molecular complexity index is 435. The second-order valence-electron chi connectivity index (χ2n) is 2.89. The number of fused-ring (bicyclic) bond motifs is 1.